The number of nitro benzene ring substituents is 1. The van der Waals surface area contributed by atoms with Crippen molar-refractivity contribution in [3.8, 4) is 0 Å². The first-order chi connectivity index (χ1) is 14.3. The lowest BCUT2D eigenvalue weighted by Gasteiger charge is -2.29. The molecule has 152 valence electrons. The molecule has 3 heterocycles. The van der Waals surface area contributed by atoms with E-state index in [4.69, 9.17) is 0 Å². The average molecular weight is 406 g/mol. The molecule has 0 aliphatic carbocycles. The fraction of sp³-hybridized carbons (Fsp3) is 0.286. The summed E-state index contributed by atoms with van der Waals surface area (Å²) in [6, 6.07) is 10.7. The van der Waals surface area contributed by atoms with Crippen LogP contribution >= 0.6 is 0 Å². The first kappa shape index (κ1) is 18.4. The summed E-state index contributed by atoms with van der Waals surface area (Å²) in [5.41, 5.74) is 0.423. The number of fused-ring (bicyclic) bond motifs is 4. The molecule has 3 aliphatic heterocycles. The third-order valence-corrected chi connectivity index (χ3v) is 6.41. The highest BCUT2D eigenvalue weighted by molar-refractivity contribution is 6.26. The Morgan fingerprint density at radius 3 is 2.57 bits per heavy atom. The number of rotatable bonds is 2. The standard InChI is InChI=1S/C21H18N4O5/c1-10-7-8-12(25(29)30)9-15(10)24-18(26)16-11(2)23-21(17(16)19(24)27)13-5-3-4-6-14(13)22-20(21)28/h3-9,11,16-17,23H,1-2H3,(H,22,28). The predicted molar refractivity (Wildman–Crippen MR) is 107 cm³/mol. The molecule has 2 N–H and O–H groups in total. The molecule has 9 heteroatoms. The molecule has 3 amide bonds. The average Bonchev–Trinajstić information content (AvgIpc) is 3.27. The Balaban J connectivity index is 1.67. The fourth-order valence-corrected chi connectivity index (χ4v) is 5.11. The lowest BCUT2D eigenvalue weighted by molar-refractivity contribution is -0.384. The number of hydrogen-bond acceptors (Lipinski definition) is 6. The Morgan fingerprint density at radius 2 is 1.83 bits per heavy atom. The molecule has 4 unspecified atom stereocenters. The van der Waals surface area contributed by atoms with E-state index in [1.807, 2.05) is 0 Å². The van der Waals surface area contributed by atoms with Crippen molar-refractivity contribution in [2.45, 2.75) is 25.4 Å². The summed E-state index contributed by atoms with van der Waals surface area (Å²) in [7, 11) is 0. The molecule has 3 aliphatic rings. The summed E-state index contributed by atoms with van der Waals surface area (Å²) in [6.07, 6.45) is 0. The predicted octanol–water partition coefficient (Wildman–Crippen LogP) is 1.85. The summed E-state index contributed by atoms with van der Waals surface area (Å²) in [5.74, 6) is -3.06. The van der Waals surface area contributed by atoms with Crippen molar-refractivity contribution in [2.75, 3.05) is 10.2 Å². The van der Waals surface area contributed by atoms with E-state index in [1.54, 1.807) is 38.1 Å². The molecule has 0 radical (unpaired) electrons. The second kappa shape index (κ2) is 5.96. The van der Waals surface area contributed by atoms with Crippen LogP contribution in [0.2, 0.25) is 0 Å². The van der Waals surface area contributed by atoms with E-state index in [9.17, 15) is 24.5 Å². The summed E-state index contributed by atoms with van der Waals surface area (Å²) >= 11 is 0. The number of nitrogens with zero attached hydrogens (tertiary/aromatic N) is 2. The number of aryl methyl sites for hydroxylation is 1. The largest absolute Gasteiger partial charge is 0.324 e. The van der Waals surface area contributed by atoms with E-state index < -0.39 is 40.2 Å². The highest BCUT2D eigenvalue weighted by atomic mass is 16.6. The summed E-state index contributed by atoms with van der Waals surface area (Å²) in [4.78, 5) is 51.8. The number of amides is 3. The van der Waals surface area contributed by atoms with E-state index in [0.29, 0.717) is 16.8 Å². The van der Waals surface area contributed by atoms with Crippen molar-refractivity contribution in [1.29, 1.82) is 0 Å². The molecule has 0 aromatic heterocycles. The minimum absolute atomic E-state index is 0.183. The minimum atomic E-state index is -1.35. The molecule has 2 aromatic carbocycles. The van der Waals surface area contributed by atoms with Gasteiger partial charge in [0.1, 0.15) is 5.54 Å². The van der Waals surface area contributed by atoms with Crippen LogP contribution in [0.5, 0.6) is 0 Å². The normalized spacial score (nSPS) is 29.3. The van der Waals surface area contributed by atoms with Gasteiger partial charge in [-0.05, 0) is 25.5 Å². The quantitative estimate of drug-likeness (QED) is 0.446. The van der Waals surface area contributed by atoms with Crippen LogP contribution in [-0.2, 0) is 19.9 Å². The molecule has 0 bridgehead atoms. The maximum absolute atomic E-state index is 13.6. The topological polar surface area (TPSA) is 122 Å². The van der Waals surface area contributed by atoms with E-state index in [-0.39, 0.29) is 17.3 Å². The zero-order valence-corrected chi connectivity index (χ0v) is 16.2. The van der Waals surface area contributed by atoms with Gasteiger partial charge in [-0.25, -0.2) is 4.90 Å². The molecule has 30 heavy (non-hydrogen) atoms. The molecule has 9 nitrogen and oxygen atoms in total. The van der Waals surface area contributed by atoms with Crippen molar-refractivity contribution in [3.05, 3.63) is 63.7 Å². The maximum atomic E-state index is 13.6. The number of nitrogens with one attached hydrogen (secondary N) is 2. The number of para-hydroxylation sites is 1. The van der Waals surface area contributed by atoms with E-state index >= 15 is 0 Å². The first-order valence-electron chi connectivity index (χ1n) is 9.59. The van der Waals surface area contributed by atoms with Crippen LogP contribution in [0.4, 0.5) is 17.1 Å². The number of carbonyl (C=O) groups excluding carboxylic acids is 3. The van der Waals surface area contributed by atoms with Gasteiger partial charge in [-0.3, -0.25) is 29.8 Å². The number of carbonyl (C=O) groups is 3. The van der Waals surface area contributed by atoms with Gasteiger partial charge in [-0.15, -0.1) is 0 Å². The van der Waals surface area contributed by atoms with Crippen molar-refractivity contribution in [2.24, 2.45) is 11.8 Å². The van der Waals surface area contributed by atoms with Gasteiger partial charge in [0, 0.05) is 29.4 Å². The van der Waals surface area contributed by atoms with Crippen LogP contribution in [0.3, 0.4) is 0 Å². The van der Waals surface area contributed by atoms with Gasteiger partial charge in [0.25, 0.3) is 5.69 Å². The van der Waals surface area contributed by atoms with Gasteiger partial charge in [-0.1, -0.05) is 24.3 Å². The molecule has 2 aromatic rings. The molecular formula is C21H18N4O5. The van der Waals surface area contributed by atoms with Crippen LogP contribution in [0.25, 0.3) is 0 Å². The fourth-order valence-electron chi connectivity index (χ4n) is 5.11. The number of nitro groups is 1. The number of hydrogen-bond donors (Lipinski definition) is 2. The van der Waals surface area contributed by atoms with Crippen molar-refractivity contribution >= 4 is 34.8 Å². The number of benzene rings is 2. The van der Waals surface area contributed by atoms with Gasteiger partial charge < -0.3 is 5.32 Å². The summed E-state index contributed by atoms with van der Waals surface area (Å²) in [5, 5.41) is 17.3. The Bertz CT molecular complexity index is 1160. The Labute approximate surface area is 171 Å². The van der Waals surface area contributed by atoms with Crippen LogP contribution in [0.1, 0.15) is 18.1 Å². The SMILES string of the molecule is Cc1ccc([N+](=O)[O-])cc1N1C(=O)C2C(C)NC3(C(=O)Nc4ccccc43)C2C1=O. The Morgan fingerprint density at radius 1 is 1.10 bits per heavy atom. The number of imide groups is 1. The molecule has 2 saturated heterocycles. The van der Waals surface area contributed by atoms with Crippen LogP contribution < -0.4 is 15.5 Å². The minimum Gasteiger partial charge on any atom is -0.324 e. The summed E-state index contributed by atoms with van der Waals surface area (Å²) in [6.45, 7) is 3.46. The van der Waals surface area contributed by atoms with Crippen molar-refractivity contribution in [1.82, 2.24) is 5.32 Å². The van der Waals surface area contributed by atoms with Crippen molar-refractivity contribution < 1.29 is 19.3 Å². The van der Waals surface area contributed by atoms with Gasteiger partial charge >= 0.3 is 0 Å². The first-order valence-corrected chi connectivity index (χ1v) is 9.59. The second-order valence-corrected chi connectivity index (χ2v) is 7.98. The smallest absolute Gasteiger partial charge is 0.271 e. The number of anilines is 2. The zero-order valence-electron chi connectivity index (χ0n) is 16.2. The van der Waals surface area contributed by atoms with E-state index in [0.717, 1.165) is 4.90 Å². The molecule has 1 spiro atoms. The lowest BCUT2D eigenvalue weighted by atomic mass is 9.76. The summed E-state index contributed by atoms with van der Waals surface area (Å²) < 4.78 is 0. The highest BCUT2D eigenvalue weighted by Crippen LogP contribution is 2.53. The van der Waals surface area contributed by atoms with Gasteiger partial charge in [0.05, 0.1) is 22.4 Å². The molecular weight excluding hydrogens is 388 g/mol. The van der Waals surface area contributed by atoms with Crippen LogP contribution in [0.15, 0.2) is 42.5 Å². The number of non-ortho nitro benzene ring substituents is 1. The van der Waals surface area contributed by atoms with Crippen LogP contribution in [-0.4, -0.2) is 28.7 Å². The van der Waals surface area contributed by atoms with Gasteiger partial charge in [0.2, 0.25) is 17.7 Å². The Kier molecular flexibility index (Phi) is 3.66. The molecule has 2 fully saturated rings. The maximum Gasteiger partial charge on any atom is 0.271 e. The van der Waals surface area contributed by atoms with E-state index in [2.05, 4.69) is 10.6 Å². The second-order valence-electron chi connectivity index (χ2n) is 7.98. The van der Waals surface area contributed by atoms with Gasteiger partial charge in [-0.2, -0.15) is 0 Å². The third kappa shape index (κ3) is 2.12. The van der Waals surface area contributed by atoms with E-state index in [1.165, 1.54) is 18.2 Å². The molecule has 4 atom stereocenters. The molecule has 0 saturated carbocycles. The monoisotopic (exact) mass is 406 g/mol. The van der Waals surface area contributed by atoms with Gasteiger partial charge in [0.15, 0.2) is 0 Å². The Hall–Kier alpha value is -3.59. The zero-order chi connectivity index (χ0) is 21.4. The highest BCUT2D eigenvalue weighted by Gasteiger charge is 2.69. The van der Waals surface area contributed by atoms with Crippen molar-refractivity contribution in [3.63, 3.8) is 0 Å². The third-order valence-electron chi connectivity index (χ3n) is 6.41. The van der Waals surface area contributed by atoms with Crippen LogP contribution in [0, 0.1) is 28.9 Å². The lowest BCUT2D eigenvalue weighted by Crippen LogP contribution is -2.53. The molecule has 5 rings (SSSR count).